The fraction of sp³-hybridized carbons (Fsp3) is 0.370. The minimum Gasteiger partial charge on any atom is -0.497 e. The van der Waals surface area contributed by atoms with Crippen LogP contribution in [0.3, 0.4) is 0 Å². The first-order valence-electron chi connectivity index (χ1n) is 11.5. The van der Waals surface area contributed by atoms with Gasteiger partial charge in [0.2, 0.25) is 0 Å². The van der Waals surface area contributed by atoms with E-state index in [1.807, 2.05) is 30.7 Å². The van der Waals surface area contributed by atoms with Crippen LogP contribution < -0.4 is 9.64 Å². The summed E-state index contributed by atoms with van der Waals surface area (Å²) in [6, 6.07) is 14.9. The summed E-state index contributed by atoms with van der Waals surface area (Å²) >= 11 is 0. The number of benzene rings is 2. The van der Waals surface area contributed by atoms with E-state index in [0.29, 0.717) is 5.92 Å². The second-order valence-electron chi connectivity index (χ2n) is 8.97. The molecule has 1 saturated heterocycles. The largest absolute Gasteiger partial charge is 0.497 e. The van der Waals surface area contributed by atoms with E-state index >= 15 is 0 Å². The average Bonchev–Trinajstić information content (AvgIpc) is 3.24. The molecule has 0 atom stereocenters. The third kappa shape index (κ3) is 4.05. The Labute approximate surface area is 189 Å². The Kier molecular flexibility index (Phi) is 5.75. The maximum absolute atomic E-state index is 5.75. The minimum absolute atomic E-state index is 0.503. The quantitative estimate of drug-likeness (QED) is 0.406. The highest BCUT2D eigenvalue weighted by atomic mass is 16.5. The van der Waals surface area contributed by atoms with Crippen molar-refractivity contribution in [2.45, 2.75) is 26.2 Å². The number of nitrogens with zero attached hydrogens (tertiary/aromatic N) is 3. The second-order valence-corrected chi connectivity index (χ2v) is 8.97. The van der Waals surface area contributed by atoms with E-state index in [0.717, 1.165) is 61.4 Å². The summed E-state index contributed by atoms with van der Waals surface area (Å²) in [7, 11) is 1.70. The van der Waals surface area contributed by atoms with Gasteiger partial charge >= 0.3 is 0 Å². The molecule has 0 amide bonds. The maximum Gasteiger partial charge on any atom is 0.134 e. The molecule has 4 aromatic rings. The molecule has 0 N–H and O–H groups in total. The van der Waals surface area contributed by atoms with Crippen molar-refractivity contribution in [1.82, 2.24) is 9.88 Å². The van der Waals surface area contributed by atoms with Crippen LogP contribution in [0.1, 0.15) is 30.9 Å². The van der Waals surface area contributed by atoms with Crippen LogP contribution in [0.4, 0.5) is 5.69 Å². The number of ether oxygens (including phenoxy) is 1. The lowest BCUT2D eigenvalue weighted by Gasteiger charge is -2.36. The van der Waals surface area contributed by atoms with Gasteiger partial charge in [-0.05, 0) is 59.9 Å². The number of furan rings is 1. The van der Waals surface area contributed by atoms with Crippen LogP contribution in [0.25, 0.3) is 21.9 Å². The van der Waals surface area contributed by atoms with Gasteiger partial charge in [0.05, 0.1) is 24.6 Å². The van der Waals surface area contributed by atoms with Crippen molar-refractivity contribution >= 4 is 27.6 Å². The molecule has 2 aromatic heterocycles. The molecule has 1 aliphatic heterocycles. The predicted octanol–water partition coefficient (Wildman–Crippen LogP) is 5.48. The van der Waals surface area contributed by atoms with Crippen LogP contribution in [0.5, 0.6) is 5.75 Å². The molecule has 0 unspecified atom stereocenters. The molecule has 3 heterocycles. The van der Waals surface area contributed by atoms with Gasteiger partial charge < -0.3 is 14.1 Å². The van der Waals surface area contributed by atoms with Gasteiger partial charge in [-0.3, -0.25) is 9.88 Å². The predicted molar refractivity (Wildman–Crippen MR) is 131 cm³/mol. The molecule has 5 rings (SSSR count). The van der Waals surface area contributed by atoms with Gasteiger partial charge in [0, 0.05) is 49.7 Å². The molecule has 1 aliphatic rings. The van der Waals surface area contributed by atoms with Gasteiger partial charge in [0.1, 0.15) is 11.3 Å². The van der Waals surface area contributed by atoms with Gasteiger partial charge in [0.15, 0.2) is 0 Å². The highest BCUT2D eigenvalue weighted by molar-refractivity contribution is 5.91. The number of hydrogen-bond acceptors (Lipinski definition) is 5. The van der Waals surface area contributed by atoms with Crippen molar-refractivity contribution in [3.05, 3.63) is 66.1 Å². The molecule has 0 spiro atoms. The number of piperazine rings is 1. The summed E-state index contributed by atoms with van der Waals surface area (Å²) < 4.78 is 11.1. The molecule has 166 valence electrons. The molecule has 0 aliphatic carbocycles. The number of anilines is 1. The zero-order valence-corrected chi connectivity index (χ0v) is 19.2. The molecule has 0 radical (unpaired) electrons. The van der Waals surface area contributed by atoms with Crippen LogP contribution >= 0.6 is 0 Å². The van der Waals surface area contributed by atoms with Crippen molar-refractivity contribution < 1.29 is 9.15 Å². The molecule has 5 nitrogen and oxygen atoms in total. The van der Waals surface area contributed by atoms with Crippen molar-refractivity contribution in [2.75, 3.05) is 44.7 Å². The summed E-state index contributed by atoms with van der Waals surface area (Å²) in [4.78, 5) is 9.78. The number of pyridine rings is 1. The van der Waals surface area contributed by atoms with Crippen molar-refractivity contribution in [3.8, 4) is 5.75 Å². The Morgan fingerprint density at radius 1 is 1.06 bits per heavy atom. The van der Waals surface area contributed by atoms with Gasteiger partial charge in [-0.2, -0.15) is 0 Å². The van der Waals surface area contributed by atoms with Crippen LogP contribution in [0.15, 0.2) is 59.3 Å². The Morgan fingerprint density at radius 3 is 2.69 bits per heavy atom. The molecule has 0 bridgehead atoms. The molecule has 0 saturated carbocycles. The van der Waals surface area contributed by atoms with Gasteiger partial charge in [-0.15, -0.1) is 0 Å². The summed E-state index contributed by atoms with van der Waals surface area (Å²) in [5.41, 5.74) is 5.95. The number of fused-ring (bicyclic) bond motifs is 2. The van der Waals surface area contributed by atoms with E-state index in [4.69, 9.17) is 14.1 Å². The monoisotopic (exact) mass is 429 g/mol. The van der Waals surface area contributed by atoms with E-state index in [1.165, 1.54) is 22.2 Å². The van der Waals surface area contributed by atoms with Crippen LogP contribution in [-0.2, 0) is 6.42 Å². The first-order chi connectivity index (χ1) is 15.6. The highest BCUT2D eigenvalue weighted by Gasteiger charge is 2.20. The molecule has 2 aromatic carbocycles. The number of rotatable bonds is 6. The first-order valence-corrected chi connectivity index (χ1v) is 11.5. The lowest BCUT2D eigenvalue weighted by atomic mass is 9.99. The maximum atomic E-state index is 5.75. The van der Waals surface area contributed by atoms with Gasteiger partial charge in [-0.1, -0.05) is 19.9 Å². The molecular formula is C27H31N3O2. The van der Waals surface area contributed by atoms with Gasteiger partial charge in [0.25, 0.3) is 0 Å². The Bertz CT molecular complexity index is 1220. The zero-order chi connectivity index (χ0) is 22.1. The van der Waals surface area contributed by atoms with Crippen LogP contribution in [0.2, 0.25) is 0 Å². The number of hydrogen-bond donors (Lipinski definition) is 0. The standard InChI is InChI=1S/C27H31N3O2/c1-19(2)22-15-20-5-4-9-28-27(20)25(16-22)30-13-11-29(12-14-30)10-8-21-18-32-26-7-6-23(31-3)17-24(21)26/h4-7,9,15-19H,8,10-14H2,1-3H3. The fourth-order valence-electron chi connectivity index (χ4n) is 4.64. The van der Waals surface area contributed by atoms with Crippen molar-refractivity contribution in [2.24, 2.45) is 0 Å². The lowest BCUT2D eigenvalue weighted by molar-refractivity contribution is 0.261. The highest BCUT2D eigenvalue weighted by Crippen LogP contribution is 2.31. The number of aromatic nitrogens is 1. The van der Waals surface area contributed by atoms with E-state index in [9.17, 15) is 0 Å². The van der Waals surface area contributed by atoms with Crippen LogP contribution in [-0.4, -0.2) is 49.7 Å². The number of methoxy groups -OCH3 is 1. The zero-order valence-electron chi connectivity index (χ0n) is 19.2. The van der Waals surface area contributed by atoms with Crippen molar-refractivity contribution in [3.63, 3.8) is 0 Å². The normalized spacial score (nSPS) is 15.2. The SMILES string of the molecule is COc1ccc2occ(CCN3CCN(c4cc(C(C)C)cc5cccnc45)CC3)c2c1. The van der Waals surface area contributed by atoms with Crippen LogP contribution in [0, 0.1) is 0 Å². The minimum atomic E-state index is 0.503. The Hall–Kier alpha value is -3.05. The summed E-state index contributed by atoms with van der Waals surface area (Å²) in [5.74, 6) is 1.38. The van der Waals surface area contributed by atoms with E-state index in [1.54, 1.807) is 7.11 Å². The summed E-state index contributed by atoms with van der Waals surface area (Å²) in [6.45, 7) is 9.70. The van der Waals surface area contributed by atoms with Crippen molar-refractivity contribution in [1.29, 1.82) is 0 Å². The molecule has 1 fully saturated rings. The topological polar surface area (TPSA) is 41.7 Å². The fourth-order valence-corrected chi connectivity index (χ4v) is 4.64. The lowest BCUT2D eigenvalue weighted by Crippen LogP contribution is -2.47. The average molecular weight is 430 g/mol. The summed E-state index contributed by atoms with van der Waals surface area (Å²) in [5, 5.41) is 2.39. The molecule has 32 heavy (non-hydrogen) atoms. The van der Waals surface area contributed by atoms with E-state index in [-0.39, 0.29) is 0 Å². The Balaban J connectivity index is 1.27. The first kappa shape index (κ1) is 20.8. The Morgan fingerprint density at radius 2 is 1.91 bits per heavy atom. The second kappa shape index (κ2) is 8.83. The summed E-state index contributed by atoms with van der Waals surface area (Å²) in [6.07, 6.45) is 4.78. The smallest absolute Gasteiger partial charge is 0.134 e. The third-order valence-corrected chi connectivity index (χ3v) is 6.64. The third-order valence-electron chi connectivity index (χ3n) is 6.64. The molecule has 5 heteroatoms. The van der Waals surface area contributed by atoms with Gasteiger partial charge in [-0.25, -0.2) is 0 Å². The molecular weight excluding hydrogens is 398 g/mol. The van der Waals surface area contributed by atoms with E-state index in [2.05, 4.69) is 47.9 Å². The van der Waals surface area contributed by atoms with E-state index < -0.39 is 0 Å².